The SMILES string of the molecule is NCc1cc(Cl)cc(S(=O)(=O)NCc2cc(Br)cs2)c1F. The molecule has 0 radical (unpaired) electrons. The number of rotatable bonds is 5. The van der Waals surface area contributed by atoms with Gasteiger partial charge in [0.15, 0.2) is 0 Å². The second kappa shape index (κ2) is 6.72. The summed E-state index contributed by atoms with van der Waals surface area (Å²) >= 11 is 10.5. The largest absolute Gasteiger partial charge is 0.326 e. The normalized spacial score (nSPS) is 11.8. The summed E-state index contributed by atoms with van der Waals surface area (Å²) in [5.41, 5.74) is 5.44. The fraction of sp³-hybridized carbons (Fsp3) is 0.167. The lowest BCUT2D eigenvalue weighted by atomic mass is 10.2. The van der Waals surface area contributed by atoms with Crippen LogP contribution in [-0.4, -0.2) is 8.42 Å². The van der Waals surface area contributed by atoms with Crippen LogP contribution < -0.4 is 10.5 Å². The van der Waals surface area contributed by atoms with Crippen LogP contribution in [0, 0.1) is 5.82 Å². The van der Waals surface area contributed by atoms with Gasteiger partial charge in [0, 0.05) is 38.4 Å². The number of sulfonamides is 1. The first-order chi connectivity index (χ1) is 9.83. The number of nitrogens with two attached hydrogens (primary N) is 1. The predicted octanol–water partition coefficient (Wildman–Crippen LogP) is 3.24. The van der Waals surface area contributed by atoms with Crippen LogP contribution in [0.15, 0.2) is 32.9 Å². The first-order valence-corrected chi connectivity index (χ1v) is 9.27. The molecule has 0 bridgehead atoms. The summed E-state index contributed by atoms with van der Waals surface area (Å²) in [5.74, 6) is -0.873. The number of halogens is 3. The maximum atomic E-state index is 14.1. The van der Waals surface area contributed by atoms with E-state index in [-0.39, 0.29) is 23.7 Å². The van der Waals surface area contributed by atoms with Gasteiger partial charge < -0.3 is 5.73 Å². The van der Waals surface area contributed by atoms with Gasteiger partial charge in [-0.15, -0.1) is 11.3 Å². The first kappa shape index (κ1) is 16.9. The highest BCUT2D eigenvalue weighted by Gasteiger charge is 2.22. The molecule has 0 unspecified atom stereocenters. The molecular weight excluding hydrogens is 403 g/mol. The van der Waals surface area contributed by atoms with Gasteiger partial charge in [0.1, 0.15) is 10.7 Å². The van der Waals surface area contributed by atoms with Gasteiger partial charge in [-0.2, -0.15) is 0 Å². The van der Waals surface area contributed by atoms with Crippen LogP contribution in [0.2, 0.25) is 5.02 Å². The van der Waals surface area contributed by atoms with Crippen molar-refractivity contribution in [1.29, 1.82) is 0 Å². The van der Waals surface area contributed by atoms with Crippen molar-refractivity contribution in [2.75, 3.05) is 0 Å². The van der Waals surface area contributed by atoms with E-state index in [0.717, 1.165) is 15.4 Å². The highest BCUT2D eigenvalue weighted by Crippen LogP contribution is 2.24. The van der Waals surface area contributed by atoms with Gasteiger partial charge in [-0.3, -0.25) is 0 Å². The summed E-state index contributed by atoms with van der Waals surface area (Å²) in [7, 11) is -4.01. The molecule has 0 aliphatic heterocycles. The van der Waals surface area contributed by atoms with E-state index in [4.69, 9.17) is 17.3 Å². The minimum Gasteiger partial charge on any atom is -0.326 e. The molecule has 114 valence electrons. The monoisotopic (exact) mass is 412 g/mol. The molecule has 9 heteroatoms. The summed E-state index contributed by atoms with van der Waals surface area (Å²) in [5, 5.41) is 1.95. The zero-order valence-electron chi connectivity index (χ0n) is 10.6. The van der Waals surface area contributed by atoms with Crippen LogP contribution in [0.25, 0.3) is 0 Å². The molecule has 0 fully saturated rings. The Bertz CT molecular complexity index is 765. The maximum Gasteiger partial charge on any atom is 0.243 e. The number of thiophene rings is 1. The van der Waals surface area contributed by atoms with Crippen molar-refractivity contribution in [2.24, 2.45) is 5.73 Å². The summed E-state index contributed by atoms with van der Waals surface area (Å²) in [6, 6.07) is 4.17. The Kier molecular flexibility index (Phi) is 5.39. The summed E-state index contributed by atoms with van der Waals surface area (Å²) in [6.45, 7) is -0.0602. The number of benzene rings is 1. The molecule has 0 amide bonds. The highest BCUT2D eigenvalue weighted by atomic mass is 79.9. The van der Waals surface area contributed by atoms with E-state index >= 15 is 0 Å². The van der Waals surface area contributed by atoms with Crippen molar-refractivity contribution in [1.82, 2.24) is 4.72 Å². The Morgan fingerprint density at radius 3 is 2.67 bits per heavy atom. The Hall–Kier alpha value is -0.510. The molecule has 2 rings (SSSR count). The average molecular weight is 414 g/mol. The number of hydrogen-bond acceptors (Lipinski definition) is 4. The van der Waals surface area contributed by atoms with Crippen molar-refractivity contribution < 1.29 is 12.8 Å². The zero-order chi connectivity index (χ0) is 15.6. The summed E-state index contributed by atoms with van der Waals surface area (Å²) < 4.78 is 41.7. The molecule has 1 heterocycles. The lowest BCUT2D eigenvalue weighted by molar-refractivity contribution is 0.550. The zero-order valence-corrected chi connectivity index (χ0v) is 14.5. The lowest BCUT2D eigenvalue weighted by Gasteiger charge is -2.10. The van der Waals surface area contributed by atoms with Crippen LogP contribution in [0.3, 0.4) is 0 Å². The van der Waals surface area contributed by atoms with Gasteiger partial charge in [0.25, 0.3) is 0 Å². The molecule has 0 aliphatic carbocycles. The number of hydrogen-bond donors (Lipinski definition) is 2. The Morgan fingerprint density at radius 2 is 2.10 bits per heavy atom. The van der Waals surface area contributed by atoms with Gasteiger partial charge in [-0.1, -0.05) is 11.6 Å². The van der Waals surface area contributed by atoms with Crippen LogP contribution in [0.1, 0.15) is 10.4 Å². The first-order valence-electron chi connectivity index (χ1n) is 5.74. The molecule has 0 atom stereocenters. The predicted molar refractivity (Wildman–Crippen MR) is 85.3 cm³/mol. The van der Waals surface area contributed by atoms with E-state index < -0.39 is 20.7 Å². The van der Waals surface area contributed by atoms with Gasteiger partial charge >= 0.3 is 0 Å². The van der Waals surface area contributed by atoms with Crippen LogP contribution in [0.4, 0.5) is 4.39 Å². The van der Waals surface area contributed by atoms with E-state index in [1.54, 1.807) is 6.07 Å². The molecule has 3 N–H and O–H groups in total. The number of nitrogens with one attached hydrogen (secondary N) is 1. The maximum absolute atomic E-state index is 14.1. The molecule has 1 aromatic carbocycles. The van der Waals surface area contributed by atoms with Gasteiger partial charge in [-0.25, -0.2) is 17.5 Å². The van der Waals surface area contributed by atoms with E-state index in [9.17, 15) is 12.8 Å². The third kappa shape index (κ3) is 4.02. The third-order valence-electron chi connectivity index (χ3n) is 2.65. The fourth-order valence-electron chi connectivity index (χ4n) is 1.65. The van der Waals surface area contributed by atoms with Crippen molar-refractivity contribution in [3.05, 3.63) is 49.3 Å². The quantitative estimate of drug-likeness (QED) is 0.790. The van der Waals surface area contributed by atoms with E-state index in [1.807, 2.05) is 5.38 Å². The standard InChI is InChI=1S/C12H11BrClFN2O2S2/c13-8-2-10(20-6-8)5-17-21(18,19)11-3-9(14)1-7(4-16)12(11)15/h1-3,6,17H,4-5,16H2. The second-order valence-electron chi connectivity index (χ2n) is 4.14. The van der Waals surface area contributed by atoms with Gasteiger partial charge in [0.05, 0.1) is 0 Å². The Labute approximate surface area is 139 Å². The Morgan fingerprint density at radius 1 is 1.38 bits per heavy atom. The van der Waals surface area contributed by atoms with E-state index in [2.05, 4.69) is 20.7 Å². The third-order valence-corrected chi connectivity index (χ3v) is 5.96. The van der Waals surface area contributed by atoms with E-state index in [1.165, 1.54) is 17.4 Å². The van der Waals surface area contributed by atoms with Gasteiger partial charge in [-0.05, 0) is 34.1 Å². The molecular formula is C12H11BrClFN2O2S2. The summed E-state index contributed by atoms with van der Waals surface area (Å²) in [6.07, 6.45) is 0. The molecule has 0 spiro atoms. The minimum atomic E-state index is -4.01. The average Bonchev–Trinajstić information content (AvgIpc) is 2.84. The molecule has 0 saturated heterocycles. The molecule has 0 saturated carbocycles. The smallest absolute Gasteiger partial charge is 0.243 e. The minimum absolute atomic E-state index is 0.0572. The molecule has 2 aromatic rings. The molecule has 1 aromatic heterocycles. The van der Waals surface area contributed by atoms with Crippen molar-refractivity contribution in [3.8, 4) is 0 Å². The lowest BCUT2D eigenvalue weighted by Crippen LogP contribution is -2.24. The van der Waals surface area contributed by atoms with E-state index in [0.29, 0.717) is 0 Å². The van der Waals surface area contributed by atoms with Crippen molar-refractivity contribution in [3.63, 3.8) is 0 Å². The van der Waals surface area contributed by atoms with Crippen molar-refractivity contribution in [2.45, 2.75) is 18.0 Å². The van der Waals surface area contributed by atoms with Crippen molar-refractivity contribution >= 4 is 48.9 Å². The Balaban J connectivity index is 2.29. The summed E-state index contributed by atoms with van der Waals surface area (Å²) in [4.78, 5) is 0.304. The van der Waals surface area contributed by atoms with Gasteiger partial charge in [0.2, 0.25) is 10.0 Å². The fourth-order valence-corrected chi connectivity index (χ4v) is 4.59. The second-order valence-corrected chi connectivity index (χ2v) is 8.22. The highest BCUT2D eigenvalue weighted by molar-refractivity contribution is 9.10. The van der Waals surface area contributed by atoms with Crippen LogP contribution in [-0.2, 0) is 23.1 Å². The van der Waals surface area contributed by atoms with Crippen LogP contribution in [0.5, 0.6) is 0 Å². The molecule has 0 aliphatic rings. The molecule has 21 heavy (non-hydrogen) atoms. The molecule has 4 nitrogen and oxygen atoms in total. The van der Waals surface area contributed by atoms with Crippen LogP contribution >= 0.6 is 38.9 Å². The topological polar surface area (TPSA) is 72.2 Å².